The molecule has 0 fully saturated rings. The molecule has 0 aliphatic heterocycles. The van der Waals surface area contributed by atoms with Crippen molar-refractivity contribution >= 4 is 32.4 Å². The number of nitrogens with zero attached hydrogens (tertiary/aromatic N) is 2. The highest BCUT2D eigenvalue weighted by Crippen LogP contribution is 2.19. The maximum atomic E-state index is 5.35. The summed E-state index contributed by atoms with van der Waals surface area (Å²) in [4.78, 5) is 0. The fraction of sp³-hybridized carbons (Fsp3) is 0.714. The molecule has 0 aliphatic rings. The first kappa shape index (κ1) is 10.9. The molecule has 6 heteroatoms. The monoisotopic (exact) mass is 265 g/mol. The van der Waals surface area contributed by atoms with Crippen LogP contribution in [0.25, 0.3) is 0 Å². The standard InChI is InChI=1S/C7H12BrN3OS/c1-5(2)12-4-3-9-7-11-10-6(8)13-7/h5H,3-4H2,1-2H3,(H,9,11). The molecule has 0 amide bonds. The molecule has 0 unspecified atom stereocenters. The van der Waals surface area contributed by atoms with Crippen molar-refractivity contribution in [3.63, 3.8) is 0 Å². The van der Waals surface area contributed by atoms with E-state index in [0.717, 1.165) is 15.6 Å². The molecule has 1 aromatic heterocycles. The summed E-state index contributed by atoms with van der Waals surface area (Å²) >= 11 is 4.71. The second-order valence-corrected chi connectivity index (χ2v) is 4.96. The molecule has 0 saturated carbocycles. The van der Waals surface area contributed by atoms with Gasteiger partial charge in [0.2, 0.25) is 5.13 Å². The van der Waals surface area contributed by atoms with Crippen LogP contribution in [0.15, 0.2) is 3.92 Å². The lowest BCUT2D eigenvalue weighted by molar-refractivity contribution is 0.0870. The molecule has 1 aromatic rings. The van der Waals surface area contributed by atoms with E-state index in [9.17, 15) is 0 Å². The van der Waals surface area contributed by atoms with Gasteiger partial charge in [0.25, 0.3) is 0 Å². The van der Waals surface area contributed by atoms with E-state index in [1.807, 2.05) is 13.8 Å². The number of hydrogen-bond donors (Lipinski definition) is 1. The van der Waals surface area contributed by atoms with Crippen LogP contribution in [0.2, 0.25) is 0 Å². The molecule has 0 radical (unpaired) electrons. The number of nitrogens with one attached hydrogen (secondary N) is 1. The highest BCUT2D eigenvalue weighted by atomic mass is 79.9. The van der Waals surface area contributed by atoms with E-state index >= 15 is 0 Å². The molecule has 74 valence electrons. The van der Waals surface area contributed by atoms with Crippen LogP contribution in [0.4, 0.5) is 5.13 Å². The number of anilines is 1. The van der Waals surface area contributed by atoms with Crippen molar-refractivity contribution in [2.75, 3.05) is 18.5 Å². The Morgan fingerprint density at radius 3 is 2.85 bits per heavy atom. The van der Waals surface area contributed by atoms with E-state index in [4.69, 9.17) is 4.74 Å². The first-order chi connectivity index (χ1) is 6.18. The zero-order chi connectivity index (χ0) is 9.68. The number of ether oxygens (including phenoxy) is 1. The molecular weight excluding hydrogens is 254 g/mol. The second kappa shape index (κ2) is 5.51. The Balaban J connectivity index is 2.13. The quantitative estimate of drug-likeness (QED) is 0.829. The highest BCUT2D eigenvalue weighted by molar-refractivity contribution is 9.11. The minimum Gasteiger partial charge on any atom is -0.377 e. The third-order valence-corrected chi connectivity index (χ3v) is 2.54. The first-order valence-corrected chi connectivity index (χ1v) is 5.64. The number of aromatic nitrogens is 2. The van der Waals surface area contributed by atoms with E-state index < -0.39 is 0 Å². The smallest absolute Gasteiger partial charge is 0.206 e. The third-order valence-electron chi connectivity index (χ3n) is 1.23. The molecule has 0 atom stereocenters. The van der Waals surface area contributed by atoms with E-state index in [2.05, 4.69) is 31.4 Å². The first-order valence-electron chi connectivity index (χ1n) is 4.03. The van der Waals surface area contributed by atoms with Gasteiger partial charge in [0.1, 0.15) is 0 Å². The molecule has 0 bridgehead atoms. The average molecular weight is 266 g/mol. The van der Waals surface area contributed by atoms with Gasteiger partial charge in [-0.2, -0.15) is 0 Å². The SMILES string of the molecule is CC(C)OCCNc1nnc(Br)s1. The minimum absolute atomic E-state index is 0.281. The van der Waals surface area contributed by atoms with Crippen LogP contribution in [-0.4, -0.2) is 29.5 Å². The van der Waals surface area contributed by atoms with Crippen LogP contribution in [0.5, 0.6) is 0 Å². The van der Waals surface area contributed by atoms with Gasteiger partial charge >= 0.3 is 0 Å². The maximum Gasteiger partial charge on any atom is 0.206 e. The van der Waals surface area contributed by atoms with E-state index in [0.29, 0.717) is 6.61 Å². The molecule has 0 saturated heterocycles. The van der Waals surface area contributed by atoms with Crippen LogP contribution in [0.3, 0.4) is 0 Å². The van der Waals surface area contributed by atoms with Gasteiger partial charge in [-0.1, -0.05) is 11.3 Å². The average Bonchev–Trinajstić information content (AvgIpc) is 2.45. The van der Waals surface area contributed by atoms with Crippen molar-refractivity contribution in [1.29, 1.82) is 0 Å². The molecule has 0 aromatic carbocycles. The molecule has 1 rings (SSSR count). The van der Waals surface area contributed by atoms with E-state index in [1.165, 1.54) is 11.3 Å². The Bertz CT molecular complexity index is 254. The molecule has 1 heterocycles. The van der Waals surface area contributed by atoms with Crippen molar-refractivity contribution in [3.05, 3.63) is 3.92 Å². The van der Waals surface area contributed by atoms with Crippen molar-refractivity contribution in [1.82, 2.24) is 10.2 Å². The summed E-state index contributed by atoms with van der Waals surface area (Å²) < 4.78 is 6.14. The van der Waals surface area contributed by atoms with Crippen LogP contribution in [-0.2, 0) is 4.74 Å². The Hall–Kier alpha value is -0.200. The zero-order valence-corrected chi connectivity index (χ0v) is 9.98. The Morgan fingerprint density at radius 2 is 2.31 bits per heavy atom. The lowest BCUT2D eigenvalue weighted by atomic mass is 10.5. The lowest BCUT2D eigenvalue weighted by Crippen LogP contribution is -2.12. The predicted octanol–water partition coefficient (Wildman–Crippen LogP) is 2.14. The van der Waals surface area contributed by atoms with Gasteiger partial charge in [0.15, 0.2) is 3.92 Å². The maximum absolute atomic E-state index is 5.35. The summed E-state index contributed by atoms with van der Waals surface area (Å²) in [6.07, 6.45) is 0.281. The molecule has 13 heavy (non-hydrogen) atoms. The molecular formula is C7H12BrN3OS. The molecule has 0 aliphatic carbocycles. The fourth-order valence-corrected chi connectivity index (χ4v) is 1.77. The Morgan fingerprint density at radius 1 is 1.54 bits per heavy atom. The predicted molar refractivity (Wildman–Crippen MR) is 57.2 cm³/mol. The topological polar surface area (TPSA) is 47.0 Å². The Kier molecular flexibility index (Phi) is 4.61. The number of halogens is 1. The van der Waals surface area contributed by atoms with Crippen LogP contribution in [0, 0.1) is 0 Å². The van der Waals surface area contributed by atoms with E-state index in [-0.39, 0.29) is 6.10 Å². The van der Waals surface area contributed by atoms with Gasteiger partial charge in [-0.25, -0.2) is 0 Å². The van der Waals surface area contributed by atoms with Gasteiger partial charge in [-0.05, 0) is 29.8 Å². The number of rotatable bonds is 5. The van der Waals surface area contributed by atoms with Gasteiger partial charge in [0.05, 0.1) is 12.7 Å². The van der Waals surface area contributed by atoms with Crippen molar-refractivity contribution in [3.8, 4) is 0 Å². The third kappa shape index (κ3) is 4.54. The summed E-state index contributed by atoms with van der Waals surface area (Å²) in [5.74, 6) is 0. The zero-order valence-electron chi connectivity index (χ0n) is 7.58. The number of hydrogen-bond acceptors (Lipinski definition) is 5. The molecule has 1 N–H and O–H groups in total. The normalized spacial score (nSPS) is 10.8. The van der Waals surface area contributed by atoms with Crippen LogP contribution < -0.4 is 5.32 Å². The largest absolute Gasteiger partial charge is 0.377 e. The van der Waals surface area contributed by atoms with Gasteiger partial charge in [0, 0.05) is 6.54 Å². The fourth-order valence-electron chi connectivity index (χ4n) is 0.729. The Labute approximate surface area is 89.8 Å². The van der Waals surface area contributed by atoms with Crippen LogP contribution >= 0.6 is 27.3 Å². The summed E-state index contributed by atoms with van der Waals surface area (Å²) in [5, 5.41) is 11.6. The molecule has 0 spiro atoms. The second-order valence-electron chi connectivity index (χ2n) is 2.71. The highest BCUT2D eigenvalue weighted by Gasteiger charge is 1.99. The van der Waals surface area contributed by atoms with Gasteiger partial charge in [-0.3, -0.25) is 0 Å². The van der Waals surface area contributed by atoms with Crippen molar-refractivity contribution in [2.45, 2.75) is 20.0 Å². The summed E-state index contributed by atoms with van der Waals surface area (Å²) in [6, 6.07) is 0. The van der Waals surface area contributed by atoms with Crippen molar-refractivity contribution < 1.29 is 4.74 Å². The molecule has 4 nitrogen and oxygen atoms in total. The van der Waals surface area contributed by atoms with Gasteiger partial charge in [-0.15, -0.1) is 10.2 Å². The van der Waals surface area contributed by atoms with E-state index in [1.54, 1.807) is 0 Å². The summed E-state index contributed by atoms with van der Waals surface area (Å²) in [5.41, 5.74) is 0. The minimum atomic E-state index is 0.281. The lowest BCUT2D eigenvalue weighted by Gasteiger charge is -2.06. The van der Waals surface area contributed by atoms with Crippen molar-refractivity contribution in [2.24, 2.45) is 0 Å². The summed E-state index contributed by atoms with van der Waals surface area (Å²) in [6.45, 7) is 5.48. The summed E-state index contributed by atoms with van der Waals surface area (Å²) in [7, 11) is 0. The van der Waals surface area contributed by atoms with Crippen LogP contribution in [0.1, 0.15) is 13.8 Å². The van der Waals surface area contributed by atoms with Gasteiger partial charge < -0.3 is 10.1 Å².